The van der Waals surface area contributed by atoms with Gasteiger partial charge in [0.25, 0.3) is 0 Å². The molecule has 1 nitrogen and oxygen atoms in total. The molecule has 1 aliphatic heterocycles. The summed E-state index contributed by atoms with van der Waals surface area (Å²) in [5.41, 5.74) is 0. The smallest absolute Gasteiger partial charge is 0.499 e. The van der Waals surface area contributed by atoms with Gasteiger partial charge in [-0.2, -0.15) is 0 Å². The van der Waals surface area contributed by atoms with Crippen LogP contribution in [0.2, 0.25) is 5.28 Å². The van der Waals surface area contributed by atoms with E-state index >= 15 is 0 Å². The molecule has 52 valence electrons. The summed E-state index contributed by atoms with van der Waals surface area (Å²) >= 11 is -1.37. The van der Waals surface area contributed by atoms with E-state index < -0.39 is 19.5 Å². The fourth-order valence-electron chi connectivity index (χ4n) is 1.13. The van der Waals surface area contributed by atoms with Crippen molar-refractivity contribution in [3.63, 3.8) is 0 Å². The van der Waals surface area contributed by atoms with E-state index in [1.54, 1.807) is 6.92 Å². The van der Waals surface area contributed by atoms with Gasteiger partial charge in [0, 0.05) is 6.61 Å². The van der Waals surface area contributed by atoms with E-state index in [4.69, 9.17) is 3.79 Å². The lowest BCUT2D eigenvalue weighted by atomic mass is 10.4. The van der Waals surface area contributed by atoms with E-state index in [0.29, 0.717) is 0 Å². The van der Waals surface area contributed by atoms with Crippen LogP contribution in [-0.4, -0.2) is 26.1 Å². The van der Waals surface area contributed by atoms with E-state index in [9.17, 15) is 4.39 Å². The minimum absolute atomic E-state index is 0.648. The van der Waals surface area contributed by atoms with Crippen LogP contribution < -0.4 is 0 Å². The minimum atomic E-state index is -1.37. The van der Waals surface area contributed by atoms with E-state index in [0.717, 1.165) is 18.3 Å². The number of halogens is 1. The fourth-order valence-corrected chi connectivity index (χ4v) is 3.18. The number of rotatable bonds is 1. The molecule has 0 radical (unpaired) electrons. The van der Waals surface area contributed by atoms with E-state index in [1.807, 2.05) is 0 Å². The van der Waals surface area contributed by atoms with Gasteiger partial charge in [-0.15, -0.1) is 0 Å². The normalized spacial score (nSPS) is 24.0. The number of hydrogen-bond donors (Lipinski definition) is 0. The molecule has 1 unspecified atom stereocenters. The molecule has 1 rings (SSSR count). The second-order valence-corrected chi connectivity index (χ2v) is 5.49. The lowest BCUT2D eigenvalue weighted by Crippen LogP contribution is -2.31. The van der Waals surface area contributed by atoms with E-state index in [1.165, 1.54) is 6.42 Å². The van der Waals surface area contributed by atoms with Gasteiger partial charge < -0.3 is 3.79 Å². The second-order valence-electron chi connectivity index (χ2n) is 2.58. The number of alkyl halides is 1. The summed E-state index contributed by atoms with van der Waals surface area (Å²) in [6.45, 7) is 2.44. The van der Waals surface area contributed by atoms with Gasteiger partial charge in [0.05, 0.1) is 5.03 Å². The van der Waals surface area contributed by atoms with Crippen LogP contribution in [0.15, 0.2) is 0 Å². The summed E-state index contributed by atoms with van der Waals surface area (Å²) in [5.74, 6) is 0. The third kappa shape index (κ3) is 2.25. The molecule has 0 spiro atoms. The maximum absolute atomic E-state index is 12.5. The van der Waals surface area contributed by atoms with Crippen LogP contribution in [0.4, 0.5) is 4.39 Å². The Hall–Kier alpha value is 0.422. The zero-order chi connectivity index (χ0) is 6.69. The second kappa shape index (κ2) is 3.56. The third-order valence-corrected chi connectivity index (χ3v) is 4.39. The Morgan fingerprint density at radius 1 is 1.56 bits per heavy atom. The summed E-state index contributed by atoms with van der Waals surface area (Å²) in [5, 5.41) is 0.391. The molecule has 0 amide bonds. The van der Waals surface area contributed by atoms with Crippen LogP contribution in [0, 0.1) is 0 Å². The molecular weight excluding hydrogens is 134 g/mol. The first kappa shape index (κ1) is 7.53. The van der Waals surface area contributed by atoms with Gasteiger partial charge in [-0.1, -0.05) is 11.7 Å². The first-order valence-electron chi connectivity index (χ1n) is 3.56. The van der Waals surface area contributed by atoms with Gasteiger partial charge in [-0.25, -0.2) is 0 Å². The van der Waals surface area contributed by atoms with Crippen LogP contribution in [0.1, 0.15) is 19.8 Å². The molecule has 0 N–H and O–H groups in total. The Morgan fingerprint density at radius 3 is 2.67 bits per heavy atom. The van der Waals surface area contributed by atoms with Crippen LogP contribution in [0.3, 0.4) is 0 Å². The maximum Gasteiger partial charge on any atom is 0.499 e. The van der Waals surface area contributed by atoms with Crippen molar-refractivity contribution >= 4 is 14.5 Å². The summed E-state index contributed by atoms with van der Waals surface area (Å²) in [6.07, 6.45) is 2.32. The average Bonchev–Trinajstić information content (AvgIpc) is 1.90. The summed E-state index contributed by atoms with van der Waals surface area (Å²) < 4.78 is 17.8. The standard InChI is InChI=1S/C4H8O.C2H4F.Al/c1-2-3-4-5;1-2-3;/h1-4H2;2H,1H3;/q-1;;+1. The molecule has 0 aromatic heterocycles. The van der Waals surface area contributed by atoms with Gasteiger partial charge in [-0.05, 0) is 13.3 Å². The molecule has 0 saturated carbocycles. The molecule has 1 atom stereocenters. The van der Waals surface area contributed by atoms with Crippen LogP contribution >= 0.6 is 0 Å². The van der Waals surface area contributed by atoms with E-state index in [-0.39, 0.29) is 0 Å². The summed E-state index contributed by atoms with van der Waals surface area (Å²) in [6, 6.07) is 0. The highest BCUT2D eigenvalue weighted by Gasteiger charge is 2.30. The molecular formula is C6H12AlFO. The van der Waals surface area contributed by atoms with Gasteiger partial charge in [0.15, 0.2) is 0 Å². The maximum atomic E-state index is 12.5. The highest BCUT2D eigenvalue weighted by Crippen LogP contribution is 2.14. The number of hydrogen-bond acceptors (Lipinski definition) is 1. The van der Waals surface area contributed by atoms with Crippen molar-refractivity contribution < 1.29 is 8.18 Å². The van der Waals surface area contributed by atoms with Gasteiger partial charge in [0.2, 0.25) is 0 Å². The van der Waals surface area contributed by atoms with Crippen molar-refractivity contribution in [2.24, 2.45) is 0 Å². The van der Waals surface area contributed by atoms with Crippen LogP contribution in [-0.2, 0) is 3.79 Å². The predicted octanol–water partition coefficient (Wildman–Crippen LogP) is 1.69. The molecule has 0 aromatic carbocycles. The SMILES string of the molecule is C[CH](F)[Al]1[CH2]CCC[O]1. The lowest BCUT2D eigenvalue weighted by molar-refractivity contribution is 0.259. The van der Waals surface area contributed by atoms with Gasteiger partial charge in [0.1, 0.15) is 0 Å². The quantitative estimate of drug-likeness (QED) is 0.511. The molecule has 0 bridgehead atoms. The highest BCUT2D eigenvalue weighted by molar-refractivity contribution is 6.53. The minimum Gasteiger partial charge on any atom is -0.499 e. The molecule has 0 aromatic rings. The van der Waals surface area contributed by atoms with Crippen molar-refractivity contribution in [3.8, 4) is 0 Å². The molecule has 9 heavy (non-hydrogen) atoms. The topological polar surface area (TPSA) is 9.23 Å². The Labute approximate surface area is 59.9 Å². The van der Waals surface area contributed by atoms with Crippen molar-refractivity contribution in [1.82, 2.24) is 0 Å². The molecule has 1 fully saturated rings. The van der Waals surface area contributed by atoms with Gasteiger partial charge in [-0.3, -0.25) is 4.39 Å². The Kier molecular flexibility index (Phi) is 2.98. The Balaban J connectivity index is 2.23. The monoisotopic (exact) mass is 146 g/mol. The third-order valence-electron chi connectivity index (χ3n) is 1.73. The Morgan fingerprint density at radius 2 is 2.33 bits per heavy atom. The molecule has 3 heteroatoms. The lowest BCUT2D eigenvalue weighted by Gasteiger charge is -2.18. The molecule has 1 saturated heterocycles. The van der Waals surface area contributed by atoms with Crippen molar-refractivity contribution in [3.05, 3.63) is 0 Å². The van der Waals surface area contributed by atoms with Crippen molar-refractivity contribution in [1.29, 1.82) is 0 Å². The van der Waals surface area contributed by atoms with Gasteiger partial charge >= 0.3 is 14.5 Å². The van der Waals surface area contributed by atoms with Crippen LogP contribution in [0.25, 0.3) is 0 Å². The zero-order valence-electron chi connectivity index (χ0n) is 5.77. The summed E-state index contributed by atoms with van der Waals surface area (Å²) in [4.78, 5) is 0. The first-order chi connectivity index (χ1) is 4.30. The van der Waals surface area contributed by atoms with Crippen LogP contribution in [0.5, 0.6) is 0 Å². The predicted molar refractivity (Wildman–Crippen MR) is 36.3 cm³/mol. The molecule has 0 aliphatic carbocycles. The van der Waals surface area contributed by atoms with Crippen molar-refractivity contribution in [2.45, 2.75) is 30.1 Å². The fraction of sp³-hybridized carbons (Fsp3) is 1.00. The first-order valence-corrected chi connectivity index (χ1v) is 5.52. The highest BCUT2D eigenvalue weighted by atomic mass is 27.2. The Bertz CT molecular complexity index is 81.1. The molecule has 1 heterocycles. The average molecular weight is 146 g/mol. The zero-order valence-corrected chi connectivity index (χ0v) is 6.92. The van der Waals surface area contributed by atoms with Crippen molar-refractivity contribution in [2.75, 3.05) is 6.61 Å². The molecule has 1 aliphatic rings. The largest absolute Gasteiger partial charge is 0.499 e. The summed E-state index contributed by atoms with van der Waals surface area (Å²) in [7, 11) is 0. The van der Waals surface area contributed by atoms with E-state index in [2.05, 4.69) is 0 Å².